The summed E-state index contributed by atoms with van der Waals surface area (Å²) in [5, 5.41) is 3.39. The number of halogens is 1. The van der Waals surface area contributed by atoms with Gasteiger partial charge in [0.05, 0.1) is 10.7 Å². The van der Waals surface area contributed by atoms with Crippen molar-refractivity contribution in [1.82, 2.24) is 9.38 Å². The van der Waals surface area contributed by atoms with Crippen LogP contribution < -0.4 is 15.6 Å². The average molecular weight is 400 g/mol. The van der Waals surface area contributed by atoms with Gasteiger partial charge in [-0.2, -0.15) is 0 Å². The van der Waals surface area contributed by atoms with Crippen LogP contribution in [0.1, 0.15) is 32.4 Å². The number of pyridine rings is 1. The Morgan fingerprint density at radius 1 is 1.21 bits per heavy atom. The lowest BCUT2D eigenvalue weighted by molar-refractivity contribution is -0.120. The smallest absolute Gasteiger partial charge is 0.258 e. The Bertz CT molecular complexity index is 1040. The van der Waals surface area contributed by atoms with Crippen LogP contribution in [0.3, 0.4) is 0 Å². The van der Waals surface area contributed by atoms with Gasteiger partial charge in [-0.25, -0.2) is 4.98 Å². The van der Waals surface area contributed by atoms with Crippen LogP contribution in [0.4, 0.5) is 5.69 Å². The monoisotopic (exact) mass is 399 g/mol. The molecule has 6 nitrogen and oxygen atoms in total. The maximum absolute atomic E-state index is 12.2. The number of hydrogen-bond acceptors (Lipinski definition) is 4. The Labute approximate surface area is 168 Å². The number of fused-ring (bicyclic) bond motifs is 1. The molecule has 0 atom stereocenters. The van der Waals surface area contributed by atoms with E-state index in [9.17, 15) is 9.59 Å². The fraction of sp³-hybridized carbons (Fsp3) is 0.286. The summed E-state index contributed by atoms with van der Waals surface area (Å²) >= 11 is 5.92. The first-order valence-electron chi connectivity index (χ1n) is 9.21. The first-order valence-corrected chi connectivity index (χ1v) is 9.59. The first-order chi connectivity index (χ1) is 13.5. The molecule has 7 heteroatoms. The van der Waals surface area contributed by atoms with Gasteiger partial charge in [0.1, 0.15) is 18.0 Å². The van der Waals surface area contributed by atoms with Gasteiger partial charge in [-0.3, -0.25) is 14.0 Å². The Balaban J connectivity index is 1.71. The number of ether oxygens (including phenoxy) is 1. The number of carbonyl (C=O) groups is 1. The van der Waals surface area contributed by atoms with E-state index < -0.39 is 0 Å². The number of benzene rings is 1. The summed E-state index contributed by atoms with van der Waals surface area (Å²) in [6.45, 7) is 4.14. The van der Waals surface area contributed by atoms with Gasteiger partial charge in [0, 0.05) is 29.9 Å². The lowest BCUT2D eigenvalue weighted by Crippen LogP contribution is -2.21. The molecule has 3 aromatic rings. The molecule has 0 spiro atoms. The lowest BCUT2D eigenvalue weighted by atomic mass is 10.0. The van der Waals surface area contributed by atoms with Crippen molar-refractivity contribution in [2.45, 2.75) is 33.3 Å². The minimum atomic E-state index is -0.225. The molecular formula is C21H22ClN3O3. The standard InChI is InChI=1S/C21H22ClN3O3/c1-3-14(4-2)21(27)24-16-6-5-7-18(10-16)28-13-17-11-20(26)25-12-15(22)8-9-19(25)23-17/h5-12,14H,3-4,13H2,1-2H3,(H,24,27). The summed E-state index contributed by atoms with van der Waals surface area (Å²) < 4.78 is 7.16. The van der Waals surface area contributed by atoms with Gasteiger partial charge in [0.15, 0.2) is 0 Å². The molecule has 1 N–H and O–H groups in total. The van der Waals surface area contributed by atoms with E-state index in [0.29, 0.717) is 27.8 Å². The van der Waals surface area contributed by atoms with Gasteiger partial charge in [-0.05, 0) is 37.1 Å². The minimum absolute atomic E-state index is 0.00466. The van der Waals surface area contributed by atoms with Crippen molar-refractivity contribution < 1.29 is 9.53 Å². The molecule has 0 fully saturated rings. The van der Waals surface area contributed by atoms with Crippen LogP contribution in [0.25, 0.3) is 5.65 Å². The maximum Gasteiger partial charge on any atom is 0.258 e. The van der Waals surface area contributed by atoms with Crippen LogP contribution in [-0.4, -0.2) is 15.3 Å². The molecular weight excluding hydrogens is 378 g/mol. The summed E-state index contributed by atoms with van der Waals surface area (Å²) in [7, 11) is 0. The van der Waals surface area contributed by atoms with E-state index in [1.807, 2.05) is 26.0 Å². The van der Waals surface area contributed by atoms with Gasteiger partial charge in [0.2, 0.25) is 5.91 Å². The minimum Gasteiger partial charge on any atom is -0.487 e. The van der Waals surface area contributed by atoms with E-state index >= 15 is 0 Å². The second kappa shape index (κ2) is 8.89. The van der Waals surface area contributed by atoms with Crippen LogP contribution in [0, 0.1) is 5.92 Å². The normalized spacial score (nSPS) is 11.0. The number of nitrogens with one attached hydrogen (secondary N) is 1. The number of hydrogen-bond donors (Lipinski definition) is 1. The third-order valence-corrected chi connectivity index (χ3v) is 4.74. The highest BCUT2D eigenvalue weighted by molar-refractivity contribution is 6.30. The van der Waals surface area contributed by atoms with Crippen LogP contribution in [-0.2, 0) is 11.4 Å². The van der Waals surface area contributed by atoms with E-state index in [1.54, 1.807) is 24.3 Å². The zero-order valence-corrected chi connectivity index (χ0v) is 16.6. The van der Waals surface area contributed by atoms with E-state index in [0.717, 1.165) is 12.8 Å². The van der Waals surface area contributed by atoms with Gasteiger partial charge in [-0.15, -0.1) is 0 Å². The molecule has 0 aliphatic carbocycles. The number of carbonyl (C=O) groups excluding carboxylic acids is 1. The topological polar surface area (TPSA) is 72.7 Å². The molecule has 1 amide bonds. The van der Waals surface area contributed by atoms with Crippen molar-refractivity contribution >= 4 is 28.8 Å². The van der Waals surface area contributed by atoms with Gasteiger partial charge in [0.25, 0.3) is 5.56 Å². The molecule has 0 radical (unpaired) electrons. The molecule has 0 aliphatic heterocycles. The third kappa shape index (κ3) is 4.70. The number of amides is 1. The van der Waals surface area contributed by atoms with Gasteiger partial charge < -0.3 is 10.1 Å². The van der Waals surface area contributed by atoms with Crippen LogP contribution in [0.5, 0.6) is 5.75 Å². The Hall–Kier alpha value is -2.86. The predicted octanol–water partition coefficient (Wildman–Crippen LogP) is 4.30. The Kier molecular flexibility index (Phi) is 6.31. The number of nitrogens with zero attached hydrogens (tertiary/aromatic N) is 2. The van der Waals surface area contributed by atoms with E-state index in [1.165, 1.54) is 16.7 Å². The number of anilines is 1. The molecule has 3 rings (SSSR count). The second-order valence-corrected chi connectivity index (χ2v) is 6.92. The molecule has 0 aliphatic rings. The fourth-order valence-electron chi connectivity index (χ4n) is 2.92. The summed E-state index contributed by atoms with van der Waals surface area (Å²) in [4.78, 5) is 28.9. The zero-order valence-electron chi connectivity index (χ0n) is 15.8. The van der Waals surface area contributed by atoms with Crippen molar-refractivity contribution in [2.75, 3.05) is 5.32 Å². The van der Waals surface area contributed by atoms with Crippen molar-refractivity contribution in [3.63, 3.8) is 0 Å². The number of aromatic nitrogens is 2. The molecule has 28 heavy (non-hydrogen) atoms. The summed E-state index contributed by atoms with van der Waals surface area (Å²) in [6.07, 6.45) is 3.13. The average Bonchev–Trinajstić information content (AvgIpc) is 2.68. The SMILES string of the molecule is CCC(CC)C(=O)Nc1cccc(OCc2cc(=O)n3cc(Cl)ccc3n2)c1. The van der Waals surface area contributed by atoms with E-state index in [2.05, 4.69) is 10.3 Å². The van der Waals surface area contributed by atoms with Crippen molar-refractivity contribution in [2.24, 2.45) is 5.92 Å². The molecule has 2 aromatic heterocycles. The third-order valence-electron chi connectivity index (χ3n) is 4.52. The molecule has 1 aromatic carbocycles. The maximum atomic E-state index is 12.2. The van der Waals surface area contributed by atoms with Crippen LogP contribution in [0.15, 0.2) is 53.5 Å². The van der Waals surface area contributed by atoms with Gasteiger partial charge >= 0.3 is 0 Å². The Morgan fingerprint density at radius 3 is 2.75 bits per heavy atom. The Morgan fingerprint density at radius 2 is 2.00 bits per heavy atom. The van der Waals surface area contributed by atoms with Crippen molar-refractivity contribution in [3.8, 4) is 5.75 Å². The molecule has 0 unspecified atom stereocenters. The lowest BCUT2D eigenvalue weighted by Gasteiger charge is -2.13. The molecule has 0 bridgehead atoms. The molecule has 0 saturated carbocycles. The van der Waals surface area contributed by atoms with Crippen molar-refractivity contribution in [3.05, 3.63) is 69.7 Å². The first kappa shape index (κ1) is 19.9. The van der Waals surface area contributed by atoms with E-state index in [4.69, 9.17) is 16.3 Å². The fourth-order valence-corrected chi connectivity index (χ4v) is 3.09. The quantitative estimate of drug-likeness (QED) is 0.642. The van der Waals surface area contributed by atoms with Crippen LogP contribution >= 0.6 is 11.6 Å². The molecule has 0 saturated heterocycles. The van der Waals surface area contributed by atoms with Crippen LogP contribution in [0.2, 0.25) is 5.02 Å². The molecule has 146 valence electrons. The zero-order chi connectivity index (χ0) is 20.1. The highest BCUT2D eigenvalue weighted by Gasteiger charge is 2.14. The number of rotatable bonds is 7. The highest BCUT2D eigenvalue weighted by atomic mass is 35.5. The summed E-state index contributed by atoms with van der Waals surface area (Å²) in [5.74, 6) is 0.582. The largest absolute Gasteiger partial charge is 0.487 e. The molecule has 2 heterocycles. The van der Waals surface area contributed by atoms with Crippen molar-refractivity contribution in [1.29, 1.82) is 0 Å². The van der Waals surface area contributed by atoms with Gasteiger partial charge in [-0.1, -0.05) is 31.5 Å². The second-order valence-electron chi connectivity index (χ2n) is 6.48. The summed E-state index contributed by atoms with van der Waals surface area (Å²) in [5.41, 5.74) is 1.47. The highest BCUT2D eigenvalue weighted by Crippen LogP contribution is 2.20. The summed E-state index contributed by atoms with van der Waals surface area (Å²) in [6, 6.07) is 12.0. The predicted molar refractivity (Wildman–Crippen MR) is 110 cm³/mol. The van der Waals surface area contributed by atoms with E-state index in [-0.39, 0.29) is 24.0 Å².